The molecule has 0 aliphatic rings. The van der Waals surface area contributed by atoms with Gasteiger partial charge in [-0.1, -0.05) is 39.2 Å². The highest BCUT2D eigenvalue weighted by molar-refractivity contribution is 5.70. The number of carboxylic acids is 1. The van der Waals surface area contributed by atoms with Gasteiger partial charge in [0, 0.05) is 0 Å². The van der Waals surface area contributed by atoms with E-state index in [0.717, 1.165) is 25.7 Å². The van der Waals surface area contributed by atoms with E-state index in [9.17, 15) is 4.79 Å². The van der Waals surface area contributed by atoms with E-state index in [0.29, 0.717) is 0 Å². The molecule has 0 aromatic heterocycles. The van der Waals surface area contributed by atoms with Crippen molar-refractivity contribution >= 4 is 5.97 Å². The number of unbranched alkanes of at least 4 members (excludes halogenated alkanes) is 2. The van der Waals surface area contributed by atoms with Crippen LogP contribution >= 0.6 is 0 Å². The summed E-state index contributed by atoms with van der Waals surface area (Å²) in [5.41, 5.74) is 0. The largest absolute Gasteiger partial charge is 0.481 e. The van der Waals surface area contributed by atoms with E-state index in [1.807, 2.05) is 6.92 Å². The summed E-state index contributed by atoms with van der Waals surface area (Å²) in [5.74, 6) is -0.859. The van der Waals surface area contributed by atoms with Crippen LogP contribution in [-0.2, 0) is 4.79 Å². The Morgan fingerprint density at radius 2 is 2.15 bits per heavy atom. The molecule has 0 spiro atoms. The van der Waals surface area contributed by atoms with E-state index < -0.39 is 5.97 Å². The monoisotopic (exact) mass is 184 g/mol. The smallest absolute Gasteiger partial charge is 0.307 e. The van der Waals surface area contributed by atoms with Crippen LogP contribution in [0.2, 0.25) is 0 Å². The number of rotatable bonds is 7. The molecule has 2 nitrogen and oxygen atoms in total. The fourth-order valence-corrected chi connectivity index (χ4v) is 1.39. The van der Waals surface area contributed by atoms with Crippen molar-refractivity contribution in [1.29, 1.82) is 0 Å². The highest BCUT2D eigenvalue weighted by atomic mass is 16.4. The van der Waals surface area contributed by atoms with Crippen LogP contribution < -0.4 is 0 Å². The van der Waals surface area contributed by atoms with Gasteiger partial charge >= 0.3 is 5.97 Å². The molecular formula is C11H20O2. The van der Waals surface area contributed by atoms with Gasteiger partial charge in [0.15, 0.2) is 0 Å². The number of hydrogen-bond acceptors (Lipinski definition) is 1. The molecule has 0 amide bonds. The fourth-order valence-electron chi connectivity index (χ4n) is 1.39. The topological polar surface area (TPSA) is 37.3 Å². The third-order valence-corrected chi connectivity index (χ3v) is 2.44. The molecule has 0 aromatic rings. The Bertz CT molecular complexity index is 163. The van der Waals surface area contributed by atoms with Gasteiger partial charge in [-0.15, -0.1) is 6.58 Å². The van der Waals surface area contributed by atoms with Crippen molar-refractivity contribution in [3.8, 4) is 0 Å². The zero-order valence-corrected chi connectivity index (χ0v) is 8.62. The van der Waals surface area contributed by atoms with E-state index in [1.54, 1.807) is 6.08 Å². The summed E-state index contributed by atoms with van der Waals surface area (Å²) in [5, 5.41) is 8.93. The lowest BCUT2D eigenvalue weighted by molar-refractivity contribution is -0.143. The third-order valence-electron chi connectivity index (χ3n) is 2.44. The first-order chi connectivity index (χ1) is 6.13. The quantitative estimate of drug-likeness (QED) is 0.487. The van der Waals surface area contributed by atoms with Crippen molar-refractivity contribution in [3.63, 3.8) is 0 Å². The molecule has 1 N–H and O–H groups in total. The first kappa shape index (κ1) is 12.2. The molecular weight excluding hydrogens is 164 g/mol. The van der Waals surface area contributed by atoms with E-state index in [1.165, 1.54) is 0 Å². The van der Waals surface area contributed by atoms with Gasteiger partial charge in [0.05, 0.1) is 5.92 Å². The van der Waals surface area contributed by atoms with Crippen LogP contribution in [0.1, 0.15) is 39.5 Å². The molecule has 0 saturated heterocycles. The van der Waals surface area contributed by atoms with Crippen LogP contribution in [0.4, 0.5) is 0 Å². The molecule has 13 heavy (non-hydrogen) atoms. The molecule has 2 heteroatoms. The molecule has 0 aliphatic carbocycles. The summed E-state index contributed by atoms with van der Waals surface area (Å²) in [6.07, 6.45) is 5.76. The molecule has 0 heterocycles. The third kappa shape index (κ3) is 4.71. The molecule has 0 saturated carbocycles. The average Bonchev–Trinajstić information content (AvgIpc) is 2.11. The van der Waals surface area contributed by atoms with Crippen LogP contribution in [0, 0.1) is 11.8 Å². The van der Waals surface area contributed by atoms with Crippen molar-refractivity contribution in [2.24, 2.45) is 11.8 Å². The second-order valence-corrected chi connectivity index (χ2v) is 3.54. The molecule has 2 atom stereocenters. The molecule has 76 valence electrons. The van der Waals surface area contributed by atoms with Gasteiger partial charge < -0.3 is 5.11 Å². The molecule has 0 aromatic carbocycles. The predicted molar refractivity (Wildman–Crippen MR) is 54.6 cm³/mol. The highest BCUT2D eigenvalue weighted by Crippen LogP contribution is 2.20. The molecule has 0 bridgehead atoms. The van der Waals surface area contributed by atoms with Crippen LogP contribution in [0.25, 0.3) is 0 Å². The Hall–Kier alpha value is -0.790. The van der Waals surface area contributed by atoms with Gasteiger partial charge in [-0.05, 0) is 12.3 Å². The normalized spacial score (nSPS) is 14.9. The maximum atomic E-state index is 10.8. The Morgan fingerprint density at radius 3 is 2.54 bits per heavy atom. The standard InChI is InChI=1S/C11H20O2/c1-4-6-7-8-10(11(12)13)9(3)5-2/h5,9-10H,2,4,6-8H2,1,3H3,(H,12,13)/t9-,10-/m0/s1. The van der Waals surface area contributed by atoms with Gasteiger partial charge in [-0.3, -0.25) is 4.79 Å². The van der Waals surface area contributed by atoms with Crippen molar-refractivity contribution in [1.82, 2.24) is 0 Å². The lowest BCUT2D eigenvalue weighted by Crippen LogP contribution is -2.20. The summed E-state index contributed by atoms with van der Waals surface area (Å²) in [6.45, 7) is 7.66. The first-order valence-corrected chi connectivity index (χ1v) is 4.98. The number of hydrogen-bond donors (Lipinski definition) is 1. The summed E-state index contributed by atoms with van der Waals surface area (Å²) in [4.78, 5) is 10.8. The molecule has 0 unspecified atom stereocenters. The Labute approximate surface area is 80.7 Å². The lowest BCUT2D eigenvalue weighted by atomic mass is 9.89. The molecule has 0 fully saturated rings. The van der Waals surface area contributed by atoms with Gasteiger partial charge in [0.1, 0.15) is 0 Å². The van der Waals surface area contributed by atoms with Crippen molar-refractivity contribution in [3.05, 3.63) is 12.7 Å². The summed E-state index contributed by atoms with van der Waals surface area (Å²) < 4.78 is 0. The van der Waals surface area contributed by atoms with Crippen LogP contribution in [0.3, 0.4) is 0 Å². The highest BCUT2D eigenvalue weighted by Gasteiger charge is 2.21. The SMILES string of the molecule is C=C[C@H](C)[C@H](CCCCC)C(=O)O. The number of aliphatic carboxylic acids is 1. The Balaban J connectivity index is 3.95. The minimum absolute atomic E-state index is 0.0781. The van der Waals surface area contributed by atoms with E-state index >= 15 is 0 Å². The van der Waals surface area contributed by atoms with E-state index in [4.69, 9.17) is 5.11 Å². The lowest BCUT2D eigenvalue weighted by Gasteiger charge is -2.16. The number of carbonyl (C=O) groups is 1. The number of allylic oxidation sites excluding steroid dienone is 1. The van der Waals surface area contributed by atoms with Gasteiger partial charge in [-0.25, -0.2) is 0 Å². The van der Waals surface area contributed by atoms with Gasteiger partial charge in [0.2, 0.25) is 0 Å². The zero-order valence-electron chi connectivity index (χ0n) is 8.62. The van der Waals surface area contributed by atoms with Crippen LogP contribution in [0.15, 0.2) is 12.7 Å². The van der Waals surface area contributed by atoms with Crippen molar-refractivity contribution in [2.45, 2.75) is 39.5 Å². The minimum Gasteiger partial charge on any atom is -0.481 e. The first-order valence-electron chi connectivity index (χ1n) is 4.98. The Morgan fingerprint density at radius 1 is 1.54 bits per heavy atom. The van der Waals surface area contributed by atoms with Crippen molar-refractivity contribution in [2.75, 3.05) is 0 Å². The van der Waals surface area contributed by atoms with Crippen LogP contribution in [0.5, 0.6) is 0 Å². The van der Waals surface area contributed by atoms with Crippen LogP contribution in [-0.4, -0.2) is 11.1 Å². The van der Waals surface area contributed by atoms with E-state index in [2.05, 4.69) is 13.5 Å². The molecule has 0 rings (SSSR count). The zero-order chi connectivity index (χ0) is 10.3. The van der Waals surface area contributed by atoms with Crippen molar-refractivity contribution < 1.29 is 9.90 Å². The summed E-state index contributed by atoms with van der Waals surface area (Å²) in [7, 11) is 0. The fraction of sp³-hybridized carbons (Fsp3) is 0.727. The second kappa shape index (κ2) is 6.70. The number of carboxylic acid groups (broad SMARTS) is 1. The van der Waals surface area contributed by atoms with Gasteiger partial charge in [0.25, 0.3) is 0 Å². The summed E-state index contributed by atoms with van der Waals surface area (Å²) >= 11 is 0. The molecule has 0 radical (unpaired) electrons. The average molecular weight is 184 g/mol. The van der Waals surface area contributed by atoms with Gasteiger partial charge in [-0.2, -0.15) is 0 Å². The van der Waals surface area contributed by atoms with E-state index in [-0.39, 0.29) is 11.8 Å². The minimum atomic E-state index is -0.691. The second-order valence-electron chi connectivity index (χ2n) is 3.54. The summed E-state index contributed by atoms with van der Waals surface area (Å²) in [6, 6.07) is 0. The maximum absolute atomic E-state index is 10.8. The Kier molecular flexibility index (Phi) is 6.29. The predicted octanol–water partition coefficient (Wildman–Crippen LogP) is 3.09. The molecule has 0 aliphatic heterocycles. The maximum Gasteiger partial charge on any atom is 0.307 e.